The van der Waals surface area contributed by atoms with Gasteiger partial charge in [0.1, 0.15) is 5.82 Å². The second-order valence-corrected chi connectivity index (χ2v) is 4.27. The number of carboxylic acids is 1. The molecule has 0 aromatic carbocycles. The van der Waals surface area contributed by atoms with E-state index >= 15 is 0 Å². The molecule has 0 radical (unpaired) electrons. The van der Waals surface area contributed by atoms with Gasteiger partial charge in [-0.2, -0.15) is 0 Å². The highest BCUT2D eigenvalue weighted by Gasteiger charge is 2.10. The number of aliphatic carboxylic acids is 1. The van der Waals surface area contributed by atoms with Crippen LogP contribution in [0.4, 0.5) is 0 Å². The van der Waals surface area contributed by atoms with E-state index in [1.165, 1.54) is 24.5 Å². The molecule has 0 atom stereocenters. The number of nitrogens with zero attached hydrogens (tertiary/aromatic N) is 3. The zero-order valence-corrected chi connectivity index (χ0v) is 11.4. The van der Waals surface area contributed by atoms with Crippen molar-refractivity contribution >= 4 is 18.0 Å². The van der Waals surface area contributed by atoms with Crippen LogP contribution in [0.2, 0.25) is 0 Å². The molecule has 7 nitrogen and oxygen atoms in total. The van der Waals surface area contributed by atoms with Gasteiger partial charge in [0, 0.05) is 49.0 Å². The van der Waals surface area contributed by atoms with E-state index in [2.05, 4.69) is 15.3 Å². The predicted octanol–water partition coefficient (Wildman–Crippen LogP) is 0.843. The van der Waals surface area contributed by atoms with E-state index in [9.17, 15) is 9.59 Å². The number of nitrogens with one attached hydrogen (secondary N) is 1. The van der Waals surface area contributed by atoms with Gasteiger partial charge < -0.3 is 15.0 Å². The summed E-state index contributed by atoms with van der Waals surface area (Å²) in [7, 11) is 1.84. The Morgan fingerprint density at radius 1 is 1.43 bits per heavy atom. The van der Waals surface area contributed by atoms with Gasteiger partial charge in [0.05, 0.1) is 6.54 Å². The van der Waals surface area contributed by atoms with Crippen molar-refractivity contribution in [2.75, 3.05) is 0 Å². The molecule has 2 N–H and O–H groups in total. The highest BCUT2D eigenvalue weighted by molar-refractivity contribution is 5.98. The van der Waals surface area contributed by atoms with Crippen LogP contribution < -0.4 is 5.32 Å². The van der Waals surface area contributed by atoms with Gasteiger partial charge >= 0.3 is 5.97 Å². The Morgan fingerprint density at radius 2 is 2.24 bits per heavy atom. The zero-order chi connectivity index (χ0) is 15.2. The van der Waals surface area contributed by atoms with Crippen molar-refractivity contribution in [1.82, 2.24) is 19.9 Å². The summed E-state index contributed by atoms with van der Waals surface area (Å²) < 4.78 is 1.80. The van der Waals surface area contributed by atoms with Gasteiger partial charge in [-0.15, -0.1) is 0 Å². The molecule has 21 heavy (non-hydrogen) atoms. The van der Waals surface area contributed by atoms with Crippen molar-refractivity contribution < 1.29 is 14.7 Å². The normalized spacial score (nSPS) is 10.7. The molecule has 0 aliphatic rings. The van der Waals surface area contributed by atoms with E-state index in [1.54, 1.807) is 17.0 Å². The summed E-state index contributed by atoms with van der Waals surface area (Å²) in [6, 6.07) is 1.54. The lowest BCUT2D eigenvalue weighted by Gasteiger charge is -2.07. The second kappa shape index (κ2) is 6.47. The molecule has 0 aliphatic heterocycles. The largest absolute Gasteiger partial charge is 0.478 e. The van der Waals surface area contributed by atoms with Crippen LogP contribution in [0.25, 0.3) is 6.08 Å². The van der Waals surface area contributed by atoms with Crippen LogP contribution in [0.15, 0.2) is 36.9 Å². The van der Waals surface area contributed by atoms with Crippen molar-refractivity contribution in [1.29, 1.82) is 0 Å². The summed E-state index contributed by atoms with van der Waals surface area (Å²) in [5.41, 5.74) is 0.800. The number of carboxylic acid groups (broad SMARTS) is 1. The summed E-state index contributed by atoms with van der Waals surface area (Å²) in [5, 5.41) is 11.4. The number of aryl methyl sites for hydroxylation is 1. The average molecular weight is 286 g/mol. The fourth-order valence-electron chi connectivity index (χ4n) is 1.73. The minimum atomic E-state index is -1.08. The van der Waals surface area contributed by atoms with Gasteiger partial charge in [0.25, 0.3) is 5.91 Å². The van der Waals surface area contributed by atoms with Crippen molar-refractivity contribution in [2.45, 2.75) is 6.54 Å². The van der Waals surface area contributed by atoms with E-state index in [0.29, 0.717) is 11.1 Å². The molecule has 0 fully saturated rings. The number of amides is 1. The van der Waals surface area contributed by atoms with E-state index in [1.807, 2.05) is 7.05 Å². The maximum atomic E-state index is 12.2. The number of hydrogen-bond acceptors (Lipinski definition) is 4. The van der Waals surface area contributed by atoms with Crippen LogP contribution in [-0.4, -0.2) is 31.5 Å². The van der Waals surface area contributed by atoms with E-state index in [0.717, 1.165) is 11.9 Å². The second-order valence-electron chi connectivity index (χ2n) is 4.27. The lowest BCUT2D eigenvalue weighted by molar-refractivity contribution is -0.131. The first kappa shape index (κ1) is 14.4. The lowest BCUT2D eigenvalue weighted by Crippen LogP contribution is -2.25. The quantitative estimate of drug-likeness (QED) is 0.794. The van der Waals surface area contributed by atoms with Gasteiger partial charge in [0.15, 0.2) is 0 Å². The first-order valence-electron chi connectivity index (χ1n) is 6.17. The fourth-order valence-corrected chi connectivity index (χ4v) is 1.73. The molecule has 2 heterocycles. The highest BCUT2D eigenvalue weighted by Crippen LogP contribution is 2.09. The summed E-state index contributed by atoms with van der Waals surface area (Å²) in [5.74, 6) is -0.677. The molecule has 0 aliphatic carbocycles. The maximum absolute atomic E-state index is 12.2. The predicted molar refractivity (Wildman–Crippen MR) is 75.3 cm³/mol. The Hall–Kier alpha value is -2.96. The van der Waals surface area contributed by atoms with E-state index in [4.69, 9.17) is 5.11 Å². The third-order valence-electron chi connectivity index (χ3n) is 2.83. The molecule has 2 aromatic heterocycles. The Morgan fingerprint density at radius 3 is 2.90 bits per heavy atom. The van der Waals surface area contributed by atoms with Gasteiger partial charge in [-0.1, -0.05) is 0 Å². The van der Waals surface area contributed by atoms with Crippen LogP contribution in [0.5, 0.6) is 0 Å². The molecule has 0 saturated heterocycles. The first-order chi connectivity index (χ1) is 10.1. The number of hydrogen-bond donors (Lipinski definition) is 2. The summed E-state index contributed by atoms with van der Waals surface area (Å²) in [4.78, 5) is 30.7. The van der Waals surface area contributed by atoms with Crippen LogP contribution in [-0.2, 0) is 18.4 Å². The number of imidazole rings is 1. The van der Waals surface area contributed by atoms with E-state index in [-0.39, 0.29) is 12.5 Å². The standard InChI is InChI=1S/C14H14N4O3/c1-18-7-6-16-12(18)9-17-14(21)11-4-5-15-8-10(11)2-3-13(19)20/h2-8H,9H2,1H3,(H,17,21)(H,19,20). The number of pyridine rings is 1. The Kier molecular flexibility index (Phi) is 4.45. The smallest absolute Gasteiger partial charge is 0.328 e. The summed E-state index contributed by atoms with van der Waals surface area (Å²) in [6.07, 6.45) is 8.66. The Bertz CT molecular complexity index is 691. The number of rotatable bonds is 5. The van der Waals surface area contributed by atoms with Gasteiger partial charge in [-0.05, 0) is 12.1 Å². The number of carbonyl (C=O) groups is 2. The van der Waals surface area contributed by atoms with Crippen molar-refractivity contribution in [2.24, 2.45) is 7.05 Å². The molecule has 108 valence electrons. The van der Waals surface area contributed by atoms with Crippen LogP contribution >= 0.6 is 0 Å². The zero-order valence-electron chi connectivity index (χ0n) is 11.4. The Labute approximate surface area is 121 Å². The maximum Gasteiger partial charge on any atom is 0.328 e. The molecular formula is C14H14N4O3. The minimum absolute atomic E-state index is 0.284. The summed E-state index contributed by atoms with van der Waals surface area (Å²) in [6.45, 7) is 0.284. The molecule has 7 heteroatoms. The van der Waals surface area contributed by atoms with Gasteiger partial charge in [0.2, 0.25) is 0 Å². The van der Waals surface area contributed by atoms with Gasteiger partial charge in [-0.25, -0.2) is 9.78 Å². The molecule has 2 aromatic rings. The molecule has 0 unspecified atom stereocenters. The number of carbonyl (C=O) groups excluding carboxylic acids is 1. The van der Waals surface area contributed by atoms with Crippen LogP contribution in [0.1, 0.15) is 21.7 Å². The third kappa shape index (κ3) is 3.75. The van der Waals surface area contributed by atoms with Crippen molar-refractivity contribution in [3.05, 3.63) is 53.9 Å². The van der Waals surface area contributed by atoms with E-state index < -0.39 is 5.97 Å². The third-order valence-corrected chi connectivity index (χ3v) is 2.83. The first-order valence-corrected chi connectivity index (χ1v) is 6.17. The lowest BCUT2D eigenvalue weighted by atomic mass is 10.1. The highest BCUT2D eigenvalue weighted by atomic mass is 16.4. The fraction of sp³-hybridized carbons (Fsp3) is 0.143. The molecule has 0 spiro atoms. The molecule has 2 rings (SSSR count). The summed E-state index contributed by atoms with van der Waals surface area (Å²) >= 11 is 0. The molecule has 0 bridgehead atoms. The van der Waals surface area contributed by atoms with Crippen LogP contribution in [0.3, 0.4) is 0 Å². The topological polar surface area (TPSA) is 97.1 Å². The molecule has 1 amide bonds. The number of aromatic nitrogens is 3. The van der Waals surface area contributed by atoms with Gasteiger partial charge in [-0.3, -0.25) is 9.78 Å². The molecular weight excluding hydrogens is 272 g/mol. The van der Waals surface area contributed by atoms with Crippen LogP contribution in [0, 0.1) is 0 Å². The minimum Gasteiger partial charge on any atom is -0.478 e. The van der Waals surface area contributed by atoms with Crippen molar-refractivity contribution in [3.63, 3.8) is 0 Å². The Balaban J connectivity index is 2.12. The average Bonchev–Trinajstić information content (AvgIpc) is 2.88. The molecule has 0 saturated carbocycles. The monoisotopic (exact) mass is 286 g/mol. The van der Waals surface area contributed by atoms with Crippen molar-refractivity contribution in [3.8, 4) is 0 Å². The SMILES string of the molecule is Cn1ccnc1CNC(=O)c1ccncc1C=CC(=O)O.